The summed E-state index contributed by atoms with van der Waals surface area (Å²) >= 11 is 6.51. The molecule has 190 valence electrons. The van der Waals surface area contributed by atoms with Gasteiger partial charge in [0.1, 0.15) is 34.8 Å². The third-order valence-corrected chi connectivity index (χ3v) is 6.99. The van der Waals surface area contributed by atoms with Crippen LogP contribution in [0.5, 0.6) is 5.75 Å². The monoisotopic (exact) mass is 516 g/mol. The molecule has 3 aromatic rings. The van der Waals surface area contributed by atoms with Gasteiger partial charge in [-0.1, -0.05) is 17.7 Å². The first-order chi connectivity index (χ1) is 17.0. The minimum atomic E-state index is -0.739. The van der Waals surface area contributed by atoms with Crippen molar-refractivity contribution >= 4 is 34.4 Å². The number of rotatable bonds is 3. The van der Waals surface area contributed by atoms with Crippen LogP contribution in [0.25, 0.3) is 22.0 Å². The minimum absolute atomic E-state index is 0.0339. The smallest absolute Gasteiger partial charge is 0.410 e. The molecule has 7 nitrogen and oxygen atoms in total. The number of nitrogens with zero attached hydrogens (tertiary/aromatic N) is 4. The van der Waals surface area contributed by atoms with Gasteiger partial charge in [0.05, 0.1) is 17.7 Å². The Morgan fingerprint density at radius 1 is 1.14 bits per heavy atom. The van der Waals surface area contributed by atoms with E-state index in [-0.39, 0.29) is 38.9 Å². The lowest BCUT2D eigenvalue weighted by Crippen LogP contribution is -2.58. The van der Waals surface area contributed by atoms with Crippen LogP contribution in [0.2, 0.25) is 5.02 Å². The quantitative estimate of drug-likeness (QED) is 0.446. The maximum atomic E-state index is 15.8. The highest BCUT2D eigenvalue weighted by atomic mass is 35.5. The van der Waals surface area contributed by atoms with Gasteiger partial charge in [-0.2, -0.15) is 0 Å². The molecule has 0 radical (unpaired) electrons. The molecule has 0 unspecified atom stereocenters. The third kappa shape index (κ3) is 4.19. The van der Waals surface area contributed by atoms with E-state index < -0.39 is 17.2 Å². The number of methoxy groups -OCH3 is 1. The van der Waals surface area contributed by atoms with Crippen LogP contribution < -0.4 is 9.64 Å². The van der Waals surface area contributed by atoms with Crippen LogP contribution in [0.4, 0.5) is 19.4 Å². The molecule has 1 aromatic heterocycles. The third-order valence-electron chi connectivity index (χ3n) is 6.69. The van der Waals surface area contributed by atoms with E-state index in [1.807, 2.05) is 25.7 Å². The zero-order chi connectivity index (χ0) is 25.8. The predicted molar refractivity (Wildman–Crippen MR) is 134 cm³/mol. The zero-order valence-corrected chi connectivity index (χ0v) is 21.3. The van der Waals surface area contributed by atoms with Crippen LogP contribution in [-0.2, 0) is 4.74 Å². The molecule has 1 amide bonds. The van der Waals surface area contributed by atoms with Gasteiger partial charge >= 0.3 is 6.09 Å². The first-order valence-electron chi connectivity index (χ1n) is 11.7. The van der Waals surface area contributed by atoms with Crippen molar-refractivity contribution in [2.75, 3.05) is 38.2 Å². The van der Waals surface area contributed by atoms with Crippen molar-refractivity contribution in [2.24, 2.45) is 5.41 Å². The number of fused-ring (bicyclic) bond motifs is 1. The lowest BCUT2D eigenvalue weighted by molar-refractivity contribution is 0.0265. The number of benzene rings is 2. The summed E-state index contributed by atoms with van der Waals surface area (Å²) in [5, 5.41) is 0.475. The Kier molecular flexibility index (Phi) is 5.94. The van der Waals surface area contributed by atoms with Gasteiger partial charge in [-0.3, -0.25) is 0 Å². The van der Waals surface area contributed by atoms with Gasteiger partial charge in [0, 0.05) is 42.5 Å². The second kappa shape index (κ2) is 8.73. The van der Waals surface area contributed by atoms with E-state index >= 15 is 4.39 Å². The van der Waals surface area contributed by atoms with Crippen molar-refractivity contribution in [1.82, 2.24) is 14.9 Å². The van der Waals surface area contributed by atoms with Crippen LogP contribution in [0.3, 0.4) is 0 Å². The van der Waals surface area contributed by atoms with Crippen molar-refractivity contribution in [1.29, 1.82) is 0 Å². The summed E-state index contributed by atoms with van der Waals surface area (Å²) in [6.07, 6.45) is 1.83. The molecule has 36 heavy (non-hydrogen) atoms. The highest BCUT2D eigenvalue weighted by molar-refractivity contribution is 6.34. The second-order valence-electron chi connectivity index (χ2n) is 10.5. The number of amides is 1. The number of likely N-dealkylation sites (tertiary alicyclic amines) is 1. The molecule has 2 aliphatic rings. The van der Waals surface area contributed by atoms with Crippen molar-refractivity contribution in [3.63, 3.8) is 0 Å². The average Bonchev–Trinajstić information content (AvgIpc) is 3.24. The number of hydrogen-bond acceptors (Lipinski definition) is 6. The summed E-state index contributed by atoms with van der Waals surface area (Å²) in [5.41, 5.74) is -0.731. The number of hydrogen-bond donors (Lipinski definition) is 0. The van der Waals surface area contributed by atoms with E-state index in [0.29, 0.717) is 37.4 Å². The van der Waals surface area contributed by atoms with Gasteiger partial charge in [0.25, 0.3) is 0 Å². The Balaban J connectivity index is 1.43. The molecule has 10 heteroatoms. The lowest BCUT2D eigenvalue weighted by atomic mass is 9.79. The summed E-state index contributed by atoms with van der Waals surface area (Å²) in [6.45, 7) is 8.07. The number of anilines is 1. The summed E-state index contributed by atoms with van der Waals surface area (Å²) in [4.78, 5) is 24.8. The summed E-state index contributed by atoms with van der Waals surface area (Å²) in [6, 6.07) is 5.83. The summed E-state index contributed by atoms with van der Waals surface area (Å²) < 4.78 is 41.3. The van der Waals surface area contributed by atoms with E-state index in [4.69, 9.17) is 21.1 Å². The fourth-order valence-electron chi connectivity index (χ4n) is 5.10. The van der Waals surface area contributed by atoms with Gasteiger partial charge in [-0.15, -0.1) is 0 Å². The first-order valence-corrected chi connectivity index (χ1v) is 12.1. The van der Waals surface area contributed by atoms with Gasteiger partial charge < -0.3 is 19.3 Å². The molecule has 2 saturated heterocycles. The maximum absolute atomic E-state index is 15.8. The highest BCUT2D eigenvalue weighted by Gasteiger charge is 2.50. The lowest BCUT2D eigenvalue weighted by Gasteiger charge is -2.48. The molecule has 1 spiro atoms. The Labute approximate surface area is 213 Å². The molecule has 0 bridgehead atoms. The number of carbonyl (C=O) groups excluding carboxylic acids is 1. The molecule has 2 aliphatic heterocycles. The summed E-state index contributed by atoms with van der Waals surface area (Å²) in [7, 11) is 1.39. The van der Waals surface area contributed by atoms with E-state index in [0.717, 1.165) is 6.42 Å². The molecular formula is C26H27ClF2N4O3. The van der Waals surface area contributed by atoms with Crippen LogP contribution in [-0.4, -0.2) is 59.9 Å². The first kappa shape index (κ1) is 24.5. The van der Waals surface area contributed by atoms with Crippen LogP contribution in [0, 0.1) is 17.0 Å². The minimum Gasteiger partial charge on any atom is -0.496 e. The van der Waals surface area contributed by atoms with Crippen molar-refractivity contribution in [3.05, 3.63) is 47.2 Å². The molecule has 0 atom stereocenters. The molecular weight excluding hydrogens is 490 g/mol. The van der Waals surface area contributed by atoms with Crippen LogP contribution in [0.1, 0.15) is 27.2 Å². The fraction of sp³-hybridized carbons (Fsp3) is 0.423. The summed E-state index contributed by atoms with van der Waals surface area (Å²) in [5.74, 6) is -0.667. The second-order valence-corrected chi connectivity index (χ2v) is 10.9. The predicted octanol–water partition coefficient (Wildman–Crippen LogP) is 5.68. The van der Waals surface area contributed by atoms with Crippen molar-refractivity contribution in [3.8, 4) is 16.9 Å². The molecule has 0 N–H and O–H groups in total. The van der Waals surface area contributed by atoms with Crippen LogP contribution in [0.15, 0.2) is 30.6 Å². The highest BCUT2D eigenvalue weighted by Crippen LogP contribution is 2.46. The van der Waals surface area contributed by atoms with Gasteiger partial charge in [0.15, 0.2) is 5.82 Å². The molecule has 0 saturated carbocycles. The van der Waals surface area contributed by atoms with E-state index in [9.17, 15) is 9.18 Å². The van der Waals surface area contributed by atoms with E-state index in [2.05, 4.69) is 9.97 Å². The van der Waals surface area contributed by atoms with Gasteiger partial charge in [-0.25, -0.2) is 23.5 Å². The van der Waals surface area contributed by atoms with E-state index in [1.165, 1.54) is 25.6 Å². The molecule has 0 aliphatic carbocycles. The molecule has 5 rings (SSSR count). The number of carbonyl (C=O) groups is 1. The molecule has 3 heterocycles. The number of ether oxygens (including phenoxy) is 2. The molecule has 2 fully saturated rings. The standard InChI is InChI=1S/C26H27ClF2N4O3/c1-25(2,3)36-24(34)32-9-8-26(11-32)12-33(13-26)23-15-10-16(27)19(21(29)22(15)30-14-31-23)20-17(28)6-5-7-18(20)35-4/h5-7,10,14H,8-9,11-13H2,1-4H3. The van der Waals surface area contributed by atoms with Crippen molar-refractivity contribution < 1.29 is 23.0 Å². The van der Waals surface area contributed by atoms with Crippen molar-refractivity contribution in [2.45, 2.75) is 32.8 Å². The Morgan fingerprint density at radius 3 is 2.58 bits per heavy atom. The van der Waals surface area contributed by atoms with Gasteiger partial charge in [-0.05, 0) is 45.4 Å². The maximum Gasteiger partial charge on any atom is 0.410 e. The Hall–Kier alpha value is -3.20. The fourth-order valence-corrected chi connectivity index (χ4v) is 5.39. The largest absolute Gasteiger partial charge is 0.496 e. The average molecular weight is 517 g/mol. The normalized spacial score (nSPS) is 17.0. The molecule has 2 aromatic carbocycles. The number of halogens is 3. The SMILES string of the molecule is COc1cccc(F)c1-c1c(Cl)cc2c(N3CC4(CCN(C(=O)OC(C)(C)C)C4)C3)ncnc2c1F. The van der Waals surface area contributed by atoms with Gasteiger partial charge in [0.2, 0.25) is 0 Å². The Bertz CT molecular complexity index is 1360. The number of aromatic nitrogens is 2. The topological polar surface area (TPSA) is 67.8 Å². The van der Waals surface area contributed by atoms with E-state index in [1.54, 1.807) is 17.0 Å². The zero-order valence-electron chi connectivity index (χ0n) is 20.6. The Morgan fingerprint density at radius 2 is 1.89 bits per heavy atom. The van der Waals surface area contributed by atoms with Crippen LogP contribution >= 0.6 is 11.6 Å².